The summed E-state index contributed by atoms with van der Waals surface area (Å²) in [4.78, 5) is 24.4. The van der Waals surface area contributed by atoms with Crippen molar-refractivity contribution in [3.8, 4) is 0 Å². The maximum atomic E-state index is 12.4. The fourth-order valence-electron chi connectivity index (χ4n) is 5.06. The van der Waals surface area contributed by atoms with E-state index in [0.29, 0.717) is 0 Å². The summed E-state index contributed by atoms with van der Waals surface area (Å²) in [7, 11) is 1.53. The minimum atomic E-state index is -0.648. The zero-order valence-corrected chi connectivity index (χ0v) is 13.0. The molecule has 0 spiro atoms. The first-order chi connectivity index (χ1) is 10.4. The van der Waals surface area contributed by atoms with E-state index >= 15 is 0 Å². The highest BCUT2D eigenvalue weighted by molar-refractivity contribution is 5.86. The zero-order valence-electron chi connectivity index (χ0n) is 13.0. The minimum absolute atomic E-state index is 0.00663. The van der Waals surface area contributed by atoms with Gasteiger partial charge in [0.2, 0.25) is 6.29 Å². The van der Waals surface area contributed by atoms with E-state index in [1.807, 2.05) is 13.0 Å². The minimum Gasteiger partial charge on any atom is -0.432 e. The first-order valence-corrected chi connectivity index (χ1v) is 7.79. The van der Waals surface area contributed by atoms with Gasteiger partial charge in [-0.25, -0.2) is 4.79 Å². The van der Waals surface area contributed by atoms with E-state index in [9.17, 15) is 9.59 Å². The molecule has 0 radical (unpaired) electrons. The van der Waals surface area contributed by atoms with Gasteiger partial charge in [-0.3, -0.25) is 4.79 Å². The molecular weight excluding hydrogens is 284 g/mol. The van der Waals surface area contributed by atoms with Gasteiger partial charge in [0.05, 0.1) is 11.3 Å². The van der Waals surface area contributed by atoms with Crippen LogP contribution in [-0.2, 0) is 23.8 Å². The fraction of sp³-hybridized carbons (Fsp3) is 0.647. The molecule has 4 rings (SSSR count). The second-order valence-electron chi connectivity index (χ2n) is 7.25. The van der Waals surface area contributed by atoms with Crippen molar-refractivity contribution in [1.82, 2.24) is 0 Å². The van der Waals surface area contributed by atoms with Crippen LogP contribution in [0.1, 0.15) is 33.1 Å². The molecule has 0 bridgehead atoms. The van der Waals surface area contributed by atoms with Crippen molar-refractivity contribution < 1.29 is 23.8 Å². The molecule has 1 saturated carbocycles. The Morgan fingerprint density at radius 1 is 1.23 bits per heavy atom. The maximum Gasteiger partial charge on any atom is 0.333 e. The van der Waals surface area contributed by atoms with Crippen molar-refractivity contribution >= 4 is 11.9 Å². The van der Waals surface area contributed by atoms with Gasteiger partial charge < -0.3 is 14.2 Å². The van der Waals surface area contributed by atoms with Gasteiger partial charge in [0.15, 0.2) is 0 Å². The molecule has 2 heterocycles. The number of rotatable bonds is 1. The van der Waals surface area contributed by atoms with Crippen molar-refractivity contribution in [3.05, 3.63) is 23.5 Å². The van der Waals surface area contributed by atoms with E-state index in [1.165, 1.54) is 7.11 Å². The largest absolute Gasteiger partial charge is 0.432 e. The summed E-state index contributed by atoms with van der Waals surface area (Å²) in [5.41, 5.74) is 0.271. The number of fused-ring (bicyclic) bond motifs is 2. The lowest BCUT2D eigenvalue weighted by Gasteiger charge is -2.52. The maximum absolute atomic E-state index is 12.4. The van der Waals surface area contributed by atoms with Crippen molar-refractivity contribution in [2.24, 2.45) is 22.7 Å². The number of carbonyl (C=O) groups is 2. The van der Waals surface area contributed by atoms with Crippen LogP contribution in [0, 0.1) is 22.7 Å². The van der Waals surface area contributed by atoms with E-state index in [2.05, 4.69) is 6.92 Å². The summed E-state index contributed by atoms with van der Waals surface area (Å²) in [6, 6.07) is 0. The van der Waals surface area contributed by atoms with Crippen molar-refractivity contribution in [2.45, 2.75) is 39.4 Å². The smallest absolute Gasteiger partial charge is 0.333 e. The Balaban J connectivity index is 1.92. The number of hydrogen-bond acceptors (Lipinski definition) is 5. The molecule has 0 amide bonds. The first kappa shape index (κ1) is 14.0. The Hall–Kier alpha value is -1.62. The number of cyclic esters (lactones) is 1. The molecule has 2 unspecified atom stereocenters. The molecule has 22 heavy (non-hydrogen) atoms. The lowest BCUT2D eigenvalue weighted by Crippen LogP contribution is -2.50. The van der Waals surface area contributed by atoms with Gasteiger partial charge in [-0.15, -0.1) is 0 Å². The number of methoxy groups -OCH3 is 1. The molecule has 5 heteroatoms. The highest BCUT2D eigenvalue weighted by Gasteiger charge is 2.65. The molecule has 1 saturated heterocycles. The standard InChI is InChI=1S/C17H20O5/c1-16-5-4-6-17(2)13(16)11(21-15(17)19)7-9-10(16)8-12(18)22-14(9)20-3/h7-9,13-14H,4-6H2,1-3H3/t9?,13?,14-,16-,17+/m1/s1. The molecular formula is C17H20O5. The third-order valence-electron chi connectivity index (χ3n) is 6.02. The van der Waals surface area contributed by atoms with Gasteiger partial charge in [-0.1, -0.05) is 13.3 Å². The monoisotopic (exact) mass is 304 g/mol. The second kappa shape index (κ2) is 4.22. The quantitative estimate of drug-likeness (QED) is 0.696. The average molecular weight is 304 g/mol. The van der Waals surface area contributed by atoms with E-state index in [4.69, 9.17) is 14.2 Å². The third kappa shape index (κ3) is 1.52. The molecule has 5 atom stereocenters. The third-order valence-corrected chi connectivity index (χ3v) is 6.02. The topological polar surface area (TPSA) is 61.8 Å². The van der Waals surface area contributed by atoms with Crippen LogP contribution in [0.5, 0.6) is 0 Å². The number of carbonyl (C=O) groups excluding carboxylic acids is 2. The molecule has 0 aromatic heterocycles. The summed E-state index contributed by atoms with van der Waals surface area (Å²) in [6.45, 7) is 4.14. The normalized spacial score (nSPS) is 46.0. The lowest BCUT2D eigenvalue weighted by atomic mass is 9.50. The van der Waals surface area contributed by atoms with Gasteiger partial charge in [0.25, 0.3) is 0 Å². The van der Waals surface area contributed by atoms with Crippen LogP contribution in [-0.4, -0.2) is 25.3 Å². The van der Waals surface area contributed by atoms with Crippen molar-refractivity contribution in [3.63, 3.8) is 0 Å². The van der Waals surface area contributed by atoms with Crippen LogP contribution in [0.3, 0.4) is 0 Å². The van der Waals surface area contributed by atoms with E-state index in [1.54, 1.807) is 6.08 Å². The Morgan fingerprint density at radius 2 is 1.95 bits per heavy atom. The molecule has 0 aromatic rings. The van der Waals surface area contributed by atoms with E-state index in [0.717, 1.165) is 30.6 Å². The van der Waals surface area contributed by atoms with Gasteiger partial charge in [0.1, 0.15) is 5.76 Å². The number of allylic oxidation sites excluding steroid dienone is 1. The van der Waals surface area contributed by atoms with E-state index in [-0.39, 0.29) is 29.2 Å². The Labute approximate surface area is 129 Å². The number of ether oxygens (including phenoxy) is 3. The predicted octanol–water partition coefficient (Wildman–Crippen LogP) is 2.33. The van der Waals surface area contributed by atoms with Gasteiger partial charge >= 0.3 is 11.9 Å². The van der Waals surface area contributed by atoms with Gasteiger partial charge in [-0.05, 0) is 31.4 Å². The van der Waals surface area contributed by atoms with Crippen LogP contribution < -0.4 is 0 Å². The molecule has 4 aliphatic rings. The predicted molar refractivity (Wildman–Crippen MR) is 76.2 cm³/mol. The SMILES string of the molecule is CO[C@@H]1OC(=O)C=C2C1C=C1OC(=O)[C@@]3(C)CCC[C@@]2(C)C13. The van der Waals surface area contributed by atoms with Crippen molar-refractivity contribution in [2.75, 3.05) is 7.11 Å². The van der Waals surface area contributed by atoms with Crippen molar-refractivity contribution in [1.29, 1.82) is 0 Å². The van der Waals surface area contributed by atoms with Crippen LogP contribution in [0.15, 0.2) is 23.5 Å². The first-order valence-electron chi connectivity index (χ1n) is 7.79. The molecule has 2 aliphatic carbocycles. The lowest BCUT2D eigenvalue weighted by molar-refractivity contribution is -0.179. The van der Waals surface area contributed by atoms with Crippen LogP contribution in [0.4, 0.5) is 0 Å². The Bertz CT molecular complexity index is 633. The highest BCUT2D eigenvalue weighted by atomic mass is 16.7. The van der Waals surface area contributed by atoms with Crippen LogP contribution >= 0.6 is 0 Å². The van der Waals surface area contributed by atoms with E-state index < -0.39 is 11.7 Å². The molecule has 2 aliphatic heterocycles. The molecule has 0 aromatic carbocycles. The summed E-state index contributed by atoms with van der Waals surface area (Å²) in [6.07, 6.45) is 5.59. The van der Waals surface area contributed by atoms with Gasteiger partial charge in [-0.2, -0.15) is 0 Å². The highest BCUT2D eigenvalue weighted by Crippen LogP contribution is 2.65. The van der Waals surface area contributed by atoms with Gasteiger partial charge in [0, 0.05) is 24.5 Å². The molecule has 0 N–H and O–H groups in total. The van der Waals surface area contributed by atoms with Crippen LogP contribution in [0.2, 0.25) is 0 Å². The second-order valence-corrected chi connectivity index (χ2v) is 7.25. The summed E-state index contributed by atoms with van der Waals surface area (Å²) in [5, 5.41) is 0. The fourth-order valence-corrected chi connectivity index (χ4v) is 5.06. The number of hydrogen-bond donors (Lipinski definition) is 0. The molecule has 118 valence electrons. The van der Waals surface area contributed by atoms with Crippen LogP contribution in [0.25, 0.3) is 0 Å². The average Bonchev–Trinajstić information content (AvgIpc) is 2.72. The summed E-state index contributed by atoms with van der Waals surface area (Å²) in [5.74, 6) is 0.0556. The molecule has 2 fully saturated rings. The summed E-state index contributed by atoms with van der Waals surface area (Å²) < 4.78 is 16.2. The Morgan fingerprint density at radius 3 is 2.68 bits per heavy atom. The number of esters is 2. The zero-order chi connectivity index (χ0) is 15.7. The Kier molecular flexibility index (Phi) is 2.69. The summed E-state index contributed by atoms with van der Waals surface area (Å²) >= 11 is 0. The molecule has 5 nitrogen and oxygen atoms in total.